The average molecular weight is 207 g/mol. The Labute approximate surface area is 88.1 Å². The number of carbonyl (C=O) groups is 1. The van der Waals surface area contributed by atoms with Crippen LogP contribution in [0.25, 0.3) is 0 Å². The lowest BCUT2D eigenvalue weighted by Crippen LogP contribution is -2.24. The molecule has 1 aromatic rings. The number of nitrogens with zero attached hydrogens (tertiary/aromatic N) is 1. The zero-order valence-corrected chi connectivity index (χ0v) is 8.56. The molecule has 0 saturated heterocycles. The minimum absolute atomic E-state index is 0.400. The van der Waals surface area contributed by atoms with E-state index in [1.807, 2.05) is 13.1 Å². The number of hydrogen-bond acceptors (Lipinski definition) is 3. The summed E-state index contributed by atoms with van der Waals surface area (Å²) in [6, 6.07) is 5.40. The van der Waals surface area contributed by atoms with Crippen molar-refractivity contribution in [3.05, 3.63) is 23.8 Å². The molecule has 0 bridgehead atoms. The molecule has 1 heterocycles. The van der Waals surface area contributed by atoms with Gasteiger partial charge in [0.15, 0.2) is 0 Å². The number of hydrogen-bond donors (Lipinski definition) is 1. The SMILES string of the molecule is CN1CCCc2cc(OC(=O)O)ccc21. The van der Waals surface area contributed by atoms with Gasteiger partial charge < -0.3 is 14.7 Å². The molecule has 0 unspecified atom stereocenters. The molecule has 0 radical (unpaired) electrons. The summed E-state index contributed by atoms with van der Waals surface area (Å²) in [6.45, 7) is 1.05. The predicted molar refractivity (Wildman–Crippen MR) is 56.7 cm³/mol. The predicted octanol–water partition coefficient (Wildman–Crippen LogP) is 2.13. The van der Waals surface area contributed by atoms with Crippen LogP contribution >= 0.6 is 0 Å². The maximum Gasteiger partial charge on any atom is 0.511 e. The second-order valence-corrected chi connectivity index (χ2v) is 3.68. The Morgan fingerprint density at radius 2 is 2.33 bits per heavy atom. The first-order chi connectivity index (χ1) is 7.16. The minimum atomic E-state index is -1.26. The van der Waals surface area contributed by atoms with E-state index in [1.165, 1.54) is 5.69 Å². The summed E-state index contributed by atoms with van der Waals surface area (Å²) in [4.78, 5) is 12.5. The van der Waals surface area contributed by atoms with E-state index < -0.39 is 6.16 Å². The number of anilines is 1. The van der Waals surface area contributed by atoms with E-state index in [0.29, 0.717) is 5.75 Å². The van der Waals surface area contributed by atoms with E-state index in [2.05, 4.69) is 9.64 Å². The molecule has 80 valence electrons. The van der Waals surface area contributed by atoms with Gasteiger partial charge >= 0.3 is 6.16 Å². The van der Waals surface area contributed by atoms with Gasteiger partial charge in [0.1, 0.15) is 5.75 Å². The van der Waals surface area contributed by atoms with Crippen molar-refractivity contribution < 1.29 is 14.6 Å². The molecule has 15 heavy (non-hydrogen) atoms. The van der Waals surface area contributed by atoms with E-state index in [9.17, 15) is 4.79 Å². The zero-order chi connectivity index (χ0) is 10.8. The molecule has 0 saturated carbocycles. The quantitative estimate of drug-likeness (QED) is 0.566. The molecule has 1 N–H and O–H groups in total. The molecule has 0 fully saturated rings. The second-order valence-electron chi connectivity index (χ2n) is 3.68. The molecule has 0 aromatic heterocycles. The fourth-order valence-electron chi connectivity index (χ4n) is 1.93. The van der Waals surface area contributed by atoms with Gasteiger partial charge in [-0.2, -0.15) is 0 Å². The summed E-state index contributed by atoms with van der Waals surface area (Å²) in [5.74, 6) is 0.400. The number of carboxylic acid groups (broad SMARTS) is 1. The number of ether oxygens (including phenoxy) is 1. The Balaban J connectivity index is 2.29. The van der Waals surface area contributed by atoms with Crippen LogP contribution in [0.15, 0.2) is 18.2 Å². The molecule has 2 rings (SSSR count). The van der Waals surface area contributed by atoms with Crippen LogP contribution in [0, 0.1) is 0 Å². The highest BCUT2D eigenvalue weighted by Crippen LogP contribution is 2.29. The number of rotatable bonds is 1. The smallest absolute Gasteiger partial charge is 0.449 e. The molecule has 1 aliphatic rings. The van der Waals surface area contributed by atoms with E-state index >= 15 is 0 Å². The topological polar surface area (TPSA) is 49.8 Å². The molecule has 0 spiro atoms. The highest BCUT2D eigenvalue weighted by atomic mass is 16.7. The molecule has 1 aliphatic heterocycles. The summed E-state index contributed by atoms with van der Waals surface area (Å²) in [7, 11) is 2.04. The minimum Gasteiger partial charge on any atom is -0.449 e. The maximum atomic E-state index is 10.4. The summed E-state index contributed by atoms with van der Waals surface area (Å²) >= 11 is 0. The number of aryl methyl sites for hydroxylation is 1. The summed E-state index contributed by atoms with van der Waals surface area (Å²) in [5.41, 5.74) is 2.32. The Kier molecular flexibility index (Phi) is 2.49. The zero-order valence-electron chi connectivity index (χ0n) is 8.56. The number of fused-ring (bicyclic) bond motifs is 1. The largest absolute Gasteiger partial charge is 0.511 e. The molecular formula is C11H13NO3. The van der Waals surface area contributed by atoms with Crippen molar-refractivity contribution in [2.24, 2.45) is 0 Å². The van der Waals surface area contributed by atoms with Gasteiger partial charge in [0.05, 0.1) is 0 Å². The van der Waals surface area contributed by atoms with Gasteiger partial charge in [-0.3, -0.25) is 0 Å². The van der Waals surface area contributed by atoms with Crippen LogP contribution in [0.4, 0.5) is 10.5 Å². The van der Waals surface area contributed by atoms with Crippen molar-refractivity contribution in [3.8, 4) is 5.75 Å². The van der Waals surface area contributed by atoms with Crippen LogP contribution in [0.3, 0.4) is 0 Å². The van der Waals surface area contributed by atoms with E-state index in [-0.39, 0.29) is 0 Å². The van der Waals surface area contributed by atoms with Gasteiger partial charge in [0.25, 0.3) is 0 Å². The Morgan fingerprint density at radius 3 is 3.07 bits per heavy atom. The molecule has 0 aliphatic carbocycles. The lowest BCUT2D eigenvalue weighted by molar-refractivity contribution is 0.144. The number of benzene rings is 1. The monoisotopic (exact) mass is 207 g/mol. The van der Waals surface area contributed by atoms with Crippen LogP contribution in [-0.4, -0.2) is 24.9 Å². The Morgan fingerprint density at radius 1 is 1.53 bits per heavy atom. The van der Waals surface area contributed by atoms with E-state index in [4.69, 9.17) is 5.11 Å². The van der Waals surface area contributed by atoms with Crippen molar-refractivity contribution in [2.75, 3.05) is 18.5 Å². The summed E-state index contributed by atoms with van der Waals surface area (Å²) in [5, 5.41) is 8.49. The highest BCUT2D eigenvalue weighted by Gasteiger charge is 2.14. The van der Waals surface area contributed by atoms with Crippen molar-refractivity contribution >= 4 is 11.8 Å². The van der Waals surface area contributed by atoms with Gasteiger partial charge in [-0.25, -0.2) is 4.79 Å². The first-order valence-electron chi connectivity index (χ1n) is 4.91. The molecule has 0 atom stereocenters. The first-order valence-corrected chi connectivity index (χ1v) is 4.91. The lowest BCUT2D eigenvalue weighted by atomic mass is 10.0. The van der Waals surface area contributed by atoms with Crippen LogP contribution in [0.5, 0.6) is 5.75 Å². The van der Waals surface area contributed by atoms with Gasteiger partial charge in [0.2, 0.25) is 0 Å². The normalized spacial score (nSPS) is 14.6. The van der Waals surface area contributed by atoms with Gasteiger partial charge in [-0.15, -0.1) is 0 Å². The van der Waals surface area contributed by atoms with Crippen molar-refractivity contribution in [3.63, 3.8) is 0 Å². The lowest BCUT2D eigenvalue weighted by Gasteiger charge is -2.27. The molecule has 0 amide bonds. The van der Waals surface area contributed by atoms with E-state index in [1.54, 1.807) is 12.1 Å². The Bertz CT molecular complexity index is 389. The van der Waals surface area contributed by atoms with Crippen molar-refractivity contribution in [2.45, 2.75) is 12.8 Å². The third kappa shape index (κ3) is 2.03. The highest BCUT2D eigenvalue weighted by molar-refractivity contribution is 5.63. The van der Waals surface area contributed by atoms with Crippen LogP contribution in [-0.2, 0) is 6.42 Å². The van der Waals surface area contributed by atoms with E-state index in [0.717, 1.165) is 24.9 Å². The van der Waals surface area contributed by atoms with Crippen LogP contribution < -0.4 is 9.64 Å². The molecule has 4 heteroatoms. The molecule has 4 nitrogen and oxygen atoms in total. The van der Waals surface area contributed by atoms with Gasteiger partial charge in [0, 0.05) is 19.3 Å². The second kappa shape index (κ2) is 3.81. The van der Waals surface area contributed by atoms with Crippen LogP contribution in [0.2, 0.25) is 0 Å². The Hall–Kier alpha value is -1.71. The van der Waals surface area contributed by atoms with Crippen LogP contribution in [0.1, 0.15) is 12.0 Å². The standard InChI is InChI=1S/C11H13NO3/c1-12-6-2-3-8-7-9(15-11(13)14)4-5-10(8)12/h4-5,7H,2-3,6H2,1H3,(H,13,14). The van der Waals surface area contributed by atoms with Gasteiger partial charge in [-0.05, 0) is 36.6 Å². The average Bonchev–Trinajstić information content (AvgIpc) is 2.17. The third-order valence-corrected chi connectivity index (χ3v) is 2.61. The fourth-order valence-corrected chi connectivity index (χ4v) is 1.93. The first kappa shape index (κ1) is 9.83. The third-order valence-electron chi connectivity index (χ3n) is 2.61. The summed E-state index contributed by atoms with van der Waals surface area (Å²) in [6.07, 6.45) is 0.815. The molecule has 1 aromatic carbocycles. The molecular weight excluding hydrogens is 194 g/mol. The summed E-state index contributed by atoms with van der Waals surface area (Å²) < 4.78 is 4.61. The fraction of sp³-hybridized carbons (Fsp3) is 0.364. The maximum absolute atomic E-state index is 10.4. The van der Waals surface area contributed by atoms with Crippen molar-refractivity contribution in [1.29, 1.82) is 0 Å². The van der Waals surface area contributed by atoms with Gasteiger partial charge in [-0.1, -0.05) is 0 Å². The van der Waals surface area contributed by atoms with Crippen molar-refractivity contribution in [1.82, 2.24) is 0 Å².